The lowest BCUT2D eigenvalue weighted by molar-refractivity contribution is 0.482. The van der Waals surface area contributed by atoms with Gasteiger partial charge in [0.05, 0.1) is 28.1 Å². The average Bonchev–Trinajstić information content (AvgIpc) is 3.63. The van der Waals surface area contributed by atoms with Gasteiger partial charge in [-0.2, -0.15) is 5.10 Å². The Kier molecular flexibility index (Phi) is 7.93. The Balaban J connectivity index is 1.29. The maximum absolute atomic E-state index is 6.58. The van der Waals surface area contributed by atoms with E-state index in [0.717, 1.165) is 59.0 Å². The Morgan fingerprint density at radius 1 is 0.681 bits per heavy atom. The lowest BCUT2D eigenvalue weighted by atomic mass is 9.85. The van der Waals surface area contributed by atoms with E-state index in [-0.39, 0.29) is 5.41 Å². The minimum Gasteiger partial charge on any atom is -0.457 e. The van der Waals surface area contributed by atoms with Gasteiger partial charge >= 0.3 is 0 Å². The van der Waals surface area contributed by atoms with Crippen LogP contribution in [-0.4, -0.2) is 19.3 Å². The van der Waals surface area contributed by atoms with Crippen LogP contribution in [0.4, 0.5) is 0 Å². The first-order valence-electron chi connectivity index (χ1n) is 16.8. The first kappa shape index (κ1) is 30.5. The van der Waals surface area contributed by atoms with E-state index in [2.05, 4.69) is 142 Å². The summed E-state index contributed by atoms with van der Waals surface area (Å²) in [5, 5.41) is 7.53. The molecule has 0 unspecified atom stereocenters. The molecular weight excluding hydrogens is 576 g/mol. The highest BCUT2D eigenvalue weighted by Gasteiger charge is 2.21. The van der Waals surface area contributed by atoms with Crippen LogP contribution in [0.3, 0.4) is 0 Å². The second-order valence-electron chi connectivity index (χ2n) is 13.2. The number of nitrogens with zero attached hydrogens (tertiary/aromatic N) is 4. The van der Waals surface area contributed by atoms with Gasteiger partial charge in [0.15, 0.2) is 0 Å². The normalized spacial score (nSPS) is 11.9. The molecule has 7 rings (SSSR count). The van der Waals surface area contributed by atoms with E-state index in [0.29, 0.717) is 0 Å². The molecule has 0 saturated carbocycles. The number of hydrogen-bond donors (Lipinski definition) is 0. The minimum absolute atomic E-state index is 0.0733. The summed E-state index contributed by atoms with van der Waals surface area (Å²) in [5.74, 6) is 2.45. The minimum atomic E-state index is 0.0733. The summed E-state index contributed by atoms with van der Waals surface area (Å²) in [7, 11) is 0. The molecule has 5 heteroatoms. The number of aryl methyl sites for hydroxylation is 2. The number of pyridine rings is 1. The largest absolute Gasteiger partial charge is 0.457 e. The van der Waals surface area contributed by atoms with E-state index in [1.165, 1.54) is 38.7 Å². The quantitative estimate of drug-likeness (QED) is 0.170. The standard InChI is InChI=1S/C42H42N4O/c1-7-28-22-23-43-40(24-28)45-38-19-11-10-18-34(38)35-21-20-33(27-39(35)45)47-32-17-13-16-31(26-32)46-37(9-3)41(36(8-2)44-46)29-14-12-15-30(25-29)42(4,5)6/h10-27H,7-9H2,1-6H3. The van der Waals surface area contributed by atoms with Gasteiger partial charge in [-0.15, -0.1) is 0 Å². The van der Waals surface area contributed by atoms with E-state index in [9.17, 15) is 0 Å². The molecule has 236 valence electrons. The fourth-order valence-electron chi connectivity index (χ4n) is 6.64. The van der Waals surface area contributed by atoms with Crippen molar-refractivity contribution < 1.29 is 4.74 Å². The molecule has 5 nitrogen and oxygen atoms in total. The summed E-state index contributed by atoms with van der Waals surface area (Å²) in [5.41, 5.74) is 10.6. The fourth-order valence-corrected chi connectivity index (χ4v) is 6.64. The number of rotatable bonds is 8. The van der Waals surface area contributed by atoms with Gasteiger partial charge < -0.3 is 4.74 Å². The van der Waals surface area contributed by atoms with Gasteiger partial charge in [0.25, 0.3) is 0 Å². The van der Waals surface area contributed by atoms with E-state index in [1.807, 2.05) is 18.3 Å². The highest BCUT2D eigenvalue weighted by atomic mass is 16.5. The van der Waals surface area contributed by atoms with Crippen LogP contribution in [0, 0.1) is 0 Å². The summed E-state index contributed by atoms with van der Waals surface area (Å²) in [6.45, 7) is 13.4. The maximum atomic E-state index is 6.58. The summed E-state index contributed by atoms with van der Waals surface area (Å²) < 4.78 is 10.9. The zero-order valence-electron chi connectivity index (χ0n) is 28.2. The molecule has 0 aliphatic carbocycles. The number of aromatic nitrogens is 4. The molecule has 3 aromatic heterocycles. The van der Waals surface area contributed by atoms with Crippen LogP contribution in [0.1, 0.15) is 64.1 Å². The van der Waals surface area contributed by atoms with Crippen molar-refractivity contribution in [3.05, 3.63) is 132 Å². The lowest BCUT2D eigenvalue weighted by Gasteiger charge is -2.20. The van der Waals surface area contributed by atoms with Crippen molar-refractivity contribution >= 4 is 21.8 Å². The molecule has 0 aliphatic rings. The molecule has 0 amide bonds. The zero-order chi connectivity index (χ0) is 32.7. The Morgan fingerprint density at radius 3 is 2.26 bits per heavy atom. The predicted molar refractivity (Wildman–Crippen MR) is 194 cm³/mol. The Morgan fingerprint density at radius 2 is 1.47 bits per heavy atom. The van der Waals surface area contributed by atoms with Crippen molar-refractivity contribution in [1.82, 2.24) is 19.3 Å². The molecule has 0 saturated heterocycles. The van der Waals surface area contributed by atoms with Crippen LogP contribution in [0.2, 0.25) is 0 Å². The Bertz CT molecular complexity index is 2230. The van der Waals surface area contributed by atoms with Crippen molar-refractivity contribution in [2.45, 2.75) is 66.2 Å². The summed E-state index contributed by atoms with van der Waals surface area (Å²) >= 11 is 0. The third-order valence-electron chi connectivity index (χ3n) is 9.13. The highest BCUT2D eigenvalue weighted by molar-refractivity contribution is 6.09. The molecule has 0 bridgehead atoms. The van der Waals surface area contributed by atoms with Crippen LogP contribution >= 0.6 is 0 Å². The monoisotopic (exact) mass is 618 g/mol. The van der Waals surface area contributed by atoms with Crippen LogP contribution in [0.25, 0.3) is 44.4 Å². The van der Waals surface area contributed by atoms with Gasteiger partial charge in [-0.05, 0) is 83.8 Å². The van der Waals surface area contributed by atoms with E-state index < -0.39 is 0 Å². The molecule has 47 heavy (non-hydrogen) atoms. The lowest BCUT2D eigenvalue weighted by Crippen LogP contribution is -2.10. The van der Waals surface area contributed by atoms with Crippen molar-refractivity contribution in [2.75, 3.05) is 0 Å². The summed E-state index contributed by atoms with van der Waals surface area (Å²) in [4.78, 5) is 4.77. The van der Waals surface area contributed by atoms with E-state index in [4.69, 9.17) is 14.8 Å². The van der Waals surface area contributed by atoms with Crippen LogP contribution in [-0.2, 0) is 24.7 Å². The van der Waals surface area contributed by atoms with E-state index in [1.54, 1.807) is 0 Å². The second-order valence-corrected chi connectivity index (χ2v) is 13.2. The van der Waals surface area contributed by atoms with E-state index >= 15 is 0 Å². The van der Waals surface area contributed by atoms with Gasteiger partial charge in [0.2, 0.25) is 0 Å². The molecule has 0 radical (unpaired) electrons. The molecule has 7 aromatic rings. The third-order valence-corrected chi connectivity index (χ3v) is 9.13. The number of para-hydroxylation sites is 1. The first-order valence-corrected chi connectivity index (χ1v) is 16.8. The van der Waals surface area contributed by atoms with Crippen LogP contribution in [0.5, 0.6) is 11.5 Å². The van der Waals surface area contributed by atoms with Crippen molar-refractivity contribution in [2.24, 2.45) is 0 Å². The topological polar surface area (TPSA) is 44.9 Å². The maximum Gasteiger partial charge on any atom is 0.137 e. The first-order chi connectivity index (χ1) is 22.8. The fraction of sp³-hybridized carbons (Fsp3) is 0.238. The highest BCUT2D eigenvalue weighted by Crippen LogP contribution is 2.37. The van der Waals surface area contributed by atoms with Gasteiger partial charge in [0, 0.05) is 34.7 Å². The second kappa shape index (κ2) is 12.2. The predicted octanol–water partition coefficient (Wildman–Crippen LogP) is 10.8. The van der Waals surface area contributed by atoms with Gasteiger partial charge in [-0.3, -0.25) is 4.57 Å². The van der Waals surface area contributed by atoms with Crippen molar-refractivity contribution in [3.63, 3.8) is 0 Å². The molecule has 3 heterocycles. The number of hydrogen-bond acceptors (Lipinski definition) is 3. The molecule has 0 atom stereocenters. The average molecular weight is 619 g/mol. The van der Waals surface area contributed by atoms with Crippen molar-refractivity contribution in [3.8, 4) is 34.1 Å². The third kappa shape index (κ3) is 5.61. The van der Waals surface area contributed by atoms with Crippen LogP contribution in [0.15, 0.2) is 109 Å². The molecular formula is C42H42N4O. The number of benzene rings is 4. The van der Waals surface area contributed by atoms with Gasteiger partial charge in [0.1, 0.15) is 17.3 Å². The smallest absolute Gasteiger partial charge is 0.137 e. The Hall–Kier alpha value is -5.16. The molecule has 4 aromatic carbocycles. The van der Waals surface area contributed by atoms with Crippen molar-refractivity contribution in [1.29, 1.82) is 0 Å². The Labute approximate surface area is 277 Å². The number of fused-ring (bicyclic) bond motifs is 3. The van der Waals surface area contributed by atoms with Gasteiger partial charge in [-0.1, -0.05) is 90.1 Å². The molecule has 0 aliphatic heterocycles. The SMILES string of the molecule is CCc1ccnc(-n2c3ccccc3c3ccc(Oc4cccc(-n5nc(CC)c(-c6cccc(C(C)(C)C)c6)c5CC)c4)cc32)c1. The van der Waals surface area contributed by atoms with Crippen LogP contribution < -0.4 is 4.74 Å². The van der Waals surface area contributed by atoms with Gasteiger partial charge in [-0.25, -0.2) is 9.67 Å². The summed E-state index contributed by atoms with van der Waals surface area (Å²) in [6, 6.07) is 36.3. The zero-order valence-corrected chi connectivity index (χ0v) is 28.2. The molecule has 0 fully saturated rings. The molecule has 0 spiro atoms. The molecule has 0 N–H and O–H groups in total. The number of ether oxygens (including phenoxy) is 1. The summed E-state index contributed by atoms with van der Waals surface area (Å²) in [6.07, 6.45) is 4.58.